The van der Waals surface area contributed by atoms with E-state index in [1.165, 1.54) is 4.52 Å². The number of aryl methyl sites for hydroxylation is 2. The van der Waals surface area contributed by atoms with E-state index in [9.17, 15) is 9.59 Å². The summed E-state index contributed by atoms with van der Waals surface area (Å²) in [6.07, 6.45) is 0.540. The predicted molar refractivity (Wildman–Crippen MR) is 121 cm³/mol. The minimum Gasteiger partial charge on any atom is -0.326 e. The minimum absolute atomic E-state index is 0.130. The molecule has 158 valence electrons. The van der Waals surface area contributed by atoms with Gasteiger partial charge in [0.05, 0.1) is 0 Å². The van der Waals surface area contributed by atoms with Gasteiger partial charge in [-0.25, -0.2) is 0 Å². The molecular weight excluding hydrogens is 390 g/mol. The van der Waals surface area contributed by atoms with Gasteiger partial charge in [-0.3, -0.25) is 9.59 Å². The molecule has 0 saturated carbocycles. The zero-order valence-electron chi connectivity index (χ0n) is 17.9. The van der Waals surface area contributed by atoms with E-state index in [1.54, 1.807) is 0 Å². The van der Waals surface area contributed by atoms with Crippen molar-refractivity contribution in [3.63, 3.8) is 0 Å². The van der Waals surface area contributed by atoms with Crippen molar-refractivity contribution in [1.82, 2.24) is 19.2 Å². The Kier molecular flexibility index (Phi) is 5.66. The number of hydrogen-bond acceptors (Lipinski definition) is 4. The molecule has 0 radical (unpaired) electrons. The summed E-state index contributed by atoms with van der Waals surface area (Å²) in [5.74, 6) is 0.889. The zero-order valence-corrected chi connectivity index (χ0v) is 17.9. The molecule has 4 rings (SSSR count). The second-order valence-electron chi connectivity index (χ2n) is 7.54. The Labute approximate surface area is 180 Å². The molecule has 1 N–H and O–H groups in total. The summed E-state index contributed by atoms with van der Waals surface area (Å²) in [5, 5.41) is 7.35. The van der Waals surface area contributed by atoms with Crippen LogP contribution in [0, 0.1) is 13.8 Å². The number of aromatic nitrogens is 4. The van der Waals surface area contributed by atoms with Gasteiger partial charge in [-0.1, -0.05) is 48.0 Å². The number of amides is 1. The molecule has 1 amide bonds. The lowest BCUT2D eigenvalue weighted by Gasteiger charge is -2.13. The first-order valence-electron chi connectivity index (χ1n) is 10.4. The van der Waals surface area contributed by atoms with Crippen LogP contribution < -0.4 is 10.9 Å². The summed E-state index contributed by atoms with van der Waals surface area (Å²) >= 11 is 0. The van der Waals surface area contributed by atoms with E-state index >= 15 is 0 Å². The van der Waals surface area contributed by atoms with Crippen molar-refractivity contribution < 1.29 is 4.79 Å². The van der Waals surface area contributed by atoms with Crippen molar-refractivity contribution in [2.75, 3.05) is 5.32 Å². The number of nitrogens with one attached hydrogen (secondary N) is 1. The molecule has 4 aromatic rings. The van der Waals surface area contributed by atoms with Crippen LogP contribution in [0.1, 0.15) is 30.2 Å². The topological polar surface area (TPSA) is 81.3 Å². The third kappa shape index (κ3) is 4.12. The first-order chi connectivity index (χ1) is 15.0. The minimum atomic E-state index is -0.227. The molecule has 0 atom stereocenters. The van der Waals surface area contributed by atoms with Crippen LogP contribution in [-0.4, -0.2) is 25.1 Å². The van der Waals surface area contributed by atoms with Crippen molar-refractivity contribution >= 4 is 17.4 Å². The van der Waals surface area contributed by atoms with Crippen LogP contribution in [0.5, 0.6) is 0 Å². The third-order valence-corrected chi connectivity index (χ3v) is 5.41. The van der Waals surface area contributed by atoms with Gasteiger partial charge in [0.2, 0.25) is 11.7 Å². The van der Waals surface area contributed by atoms with Crippen LogP contribution in [0.2, 0.25) is 0 Å². The maximum Gasteiger partial charge on any atom is 0.279 e. The van der Waals surface area contributed by atoms with Crippen molar-refractivity contribution in [1.29, 1.82) is 0 Å². The van der Waals surface area contributed by atoms with Crippen LogP contribution in [-0.2, 0) is 17.8 Å². The van der Waals surface area contributed by atoms with Gasteiger partial charge >= 0.3 is 0 Å². The van der Waals surface area contributed by atoms with Crippen LogP contribution in [0.25, 0.3) is 17.2 Å². The lowest BCUT2D eigenvalue weighted by molar-refractivity contribution is -0.116. The average molecular weight is 415 g/mol. The number of hydrogen-bond donors (Lipinski definition) is 1. The van der Waals surface area contributed by atoms with Gasteiger partial charge in [-0.2, -0.15) is 9.50 Å². The summed E-state index contributed by atoms with van der Waals surface area (Å²) in [6.45, 7) is 6.54. The molecule has 2 aromatic carbocycles. The molecule has 0 aliphatic heterocycles. The number of rotatable bonds is 6. The molecule has 0 fully saturated rings. The predicted octanol–water partition coefficient (Wildman–Crippen LogP) is 3.77. The lowest BCUT2D eigenvalue weighted by atomic mass is 10.1. The highest BCUT2D eigenvalue weighted by molar-refractivity contribution is 5.90. The normalized spacial score (nSPS) is 11.1. The Hall–Kier alpha value is -3.74. The van der Waals surface area contributed by atoms with E-state index in [-0.39, 0.29) is 17.9 Å². The van der Waals surface area contributed by atoms with E-state index < -0.39 is 0 Å². The Morgan fingerprint density at radius 3 is 2.42 bits per heavy atom. The quantitative estimate of drug-likeness (QED) is 0.520. The monoisotopic (exact) mass is 415 g/mol. The number of anilines is 1. The molecule has 0 aliphatic carbocycles. The van der Waals surface area contributed by atoms with E-state index in [4.69, 9.17) is 0 Å². The van der Waals surface area contributed by atoms with Gasteiger partial charge in [-0.05, 0) is 39.3 Å². The third-order valence-electron chi connectivity index (χ3n) is 5.41. The number of benzene rings is 2. The Morgan fingerprint density at radius 1 is 1.03 bits per heavy atom. The van der Waals surface area contributed by atoms with Crippen LogP contribution in [0.15, 0.2) is 59.4 Å². The second kappa shape index (κ2) is 8.55. The summed E-state index contributed by atoms with van der Waals surface area (Å²) in [6, 6.07) is 17.2. The van der Waals surface area contributed by atoms with Gasteiger partial charge in [0, 0.05) is 35.5 Å². The summed E-state index contributed by atoms with van der Waals surface area (Å²) in [5.41, 5.74) is 3.90. The molecule has 2 aromatic heterocycles. The average Bonchev–Trinajstić information content (AvgIpc) is 3.22. The van der Waals surface area contributed by atoms with Crippen LogP contribution in [0.3, 0.4) is 0 Å². The smallest absolute Gasteiger partial charge is 0.279 e. The highest BCUT2D eigenvalue weighted by atomic mass is 16.1. The molecule has 0 unspecified atom stereocenters. The van der Waals surface area contributed by atoms with Crippen molar-refractivity contribution in [2.24, 2.45) is 0 Å². The molecule has 0 aliphatic rings. The van der Waals surface area contributed by atoms with Gasteiger partial charge in [0.15, 0.2) is 5.82 Å². The molecule has 0 bridgehead atoms. The Balaban J connectivity index is 1.63. The highest BCUT2D eigenvalue weighted by Crippen LogP contribution is 2.17. The molecule has 2 heterocycles. The van der Waals surface area contributed by atoms with Gasteiger partial charge in [0.1, 0.15) is 0 Å². The largest absolute Gasteiger partial charge is 0.326 e. The summed E-state index contributed by atoms with van der Waals surface area (Å²) in [7, 11) is 0. The Morgan fingerprint density at radius 2 is 1.74 bits per heavy atom. The molecular formula is C24H25N5O2. The SMILES string of the molecule is CCn1c(C)c(CCC(=O)Nc2ccc(C)cc2)c(=O)n2nc(-c3ccccc3)nc12. The van der Waals surface area contributed by atoms with E-state index in [2.05, 4.69) is 15.4 Å². The number of carbonyl (C=O) groups is 1. The number of carbonyl (C=O) groups excluding carboxylic acids is 1. The number of nitrogens with zero attached hydrogens (tertiary/aromatic N) is 4. The fourth-order valence-corrected chi connectivity index (χ4v) is 3.69. The summed E-state index contributed by atoms with van der Waals surface area (Å²) in [4.78, 5) is 30.2. The molecule has 0 saturated heterocycles. The van der Waals surface area contributed by atoms with E-state index in [0.717, 1.165) is 22.5 Å². The van der Waals surface area contributed by atoms with Crippen LogP contribution >= 0.6 is 0 Å². The Bertz CT molecular complexity index is 1290. The van der Waals surface area contributed by atoms with Gasteiger partial charge in [-0.15, -0.1) is 5.10 Å². The van der Waals surface area contributed by atoms with E-state index in [1.807, 2.05) is 79.9 Å². The van der Waals surface area contributed by atoms with Crippen molar-refractivity contribution in [2.45, 2.75) is 40.2 Å². The van der Waals surface area contributed by atoms with Gasteiger partial charge < -0.3 is 9.88 Å². The molecule has 31 heavy (non-hydrogen) atoms. The van der Waals surface area contributed by atoms with Gasteiger partial charge in [0.25, 0.3) is 5.56 Å². The first kappa shape index (κ1) is 20.5. The number of fused-ring (bicyclic) bond motifs is 1. The van der Waals surface area contributed by atoms with Crippen molar-refractivity contribution in [3.8, 4) is 11.4 Å². The fourth-order valence-electron chi connectivity index (χ4n) is 3.69. The highest BCUT2D eigenvalue weighted by Gasteiger charge is 2.18. The maximum atomic E-state index is 13.2. The molecule has 0 spiro atoms. The fraction of sp³-hybridized carbons (Fsp3) is 0.250. The molecule has 7 heteroatoms. The summed E-state index contributed by atoms with van der Waals surface area (Å²) < 4.78 is 3.32. The lowest BCUT2D eigenvalue weighted by Crippen LogP contribution is -2.27. The first-order valence-corrected chi connectivity index (χ1v) is 10.4. The molecule has 7 nitrogen and oxygen atoms in total. The van der Waals surface area contributed by atoms with E-state index in [0.29, 0.717) is 30.1 Å². The zero-order chi connectivity index (χ0) is 22.0. The van der Waals surface area contributed by atoms with Crippen molar-refractivity contribution in [3.05, 3.63) is 81.8 Å². The van der Waals surface area contributed by atoms with Crippen LogP contribution in [0.4, 0.5) is 5.69 Å². The second-order valence-corrected chi connectivity index (χ2v) is 7.54. The maximum absolute atomic E-state index is 13.2. The standard InChI is InChI=1S/C24H25N5O2/c1-4-28-17(3)20(14-15-21(30)25-19-12-10-16(2)11-13-19)23(31)29-24(28)26-22(27-29)18-8-6-5-7-9-18/h5-13H,4,14-15H2,1-3H3,(H,25,30).